The molecule has 1 atom stereocenters. The van der Waals surface area contributed by atoms with Gasteiger partial charge in [-0.15, -0.1) is 0 Å². The first-order valence-electron chi connectivity index (χ1n) is 6.82. The Bertz CT molecular complexity index is 505. The van der Waals surface area contributed by atoms with Gasteiger partial charge in [-0.3, -0.25) is 9.59 Å². The van der Waals surface area contributed by atoms with Gasteiger partial charge in [0.25, 0.3) is 0 Å². The number of rotatable bonds is 5. The molecule has 0 spiro atoms. The minimum absolute atomic E-state index is 0.0956. The molecule has 0 unspecified atom stereocenters. The van der Waals surface area contributed by atoms with E-state index in [4.69, 9.17) is 0 Å². The summed E-state index contributed by atoms with van der Waals surface area (Å²) < 4.78 is 0. The maximum Gasteiger partial charge on any atom is 0.249 e. The van der Waals surface area contributed by atoms with Crippen LogP contribution in [0.25, 0.3) is 0 Å². The average molecular weight is 266 g/mol. The fourth-order valence-corrected chi connectivity index (χ4v) is 2.48. The molecule has 0 heterocycles. The summed E-state index contributed by atoms with van der Waals surface area (Å²) in [7, 11) is 3.81. The fraction of sp³-hybridized carbons (Fsp3) is 0.733. The van der Waals surface area contributed by atoms with Gasteiger partial charge in [-0.25, -0.2) is 0 Å². The third-order valence-electron chi connectivity index (χ3n) is 3.73. The number of hydrogen-bond donors (Lipinski definition) is 1. The van der Waals surface area contributed by atoms with Gasteiger partial charge in [0.05, 0.1) is 5.69 Å². The number of nitrogens with zero attached hydrogens (tertiary/aromatic N) is 1. The van der Waals surface area contributed by atoms with E-state index < -0.39 is 0 Å². The Morgan fingerprint density at radius 2 is 1.68 bits per heavy atom. The van der Waals surface area contributed by atoms with Gasteiger partial charge in [0.2, 0.25) is 10.9 Å². The van der Waals surface area contributed by atoms with Crippen LogP contribution in [0, 0.1) is 5.41 Å². The van der Waals surface area contributed by atoms with Crippen molar-refractivity contribution in [2.75, 3.05) is 25.5 Å². The lowest BCUT2D eigenvalue weighted by atomic mass is 9.86. The van der Waals surface area contributed by atoms with Crippen LogP contribution in [0.1, 0.15) is 46.1 Å². The highest BCUT2D eigenvalue weighted by Crippen LogP contribution is 2.25. The van der Waals surface area contributed by atoms with E-state index in [1.54, 1.807) is 0 Å². The predicted molar refractivity (Wildman–Crippen MR) is 81.0 cm³/mol. The van der Waals surface area contributed by atoms with Crippen molar-refractivity contribution in [2.45, 2.75) is 46.6 Å². The molecule has 0 saturated heterocycles. The van der Waals surface area contributed by atoms with E-state index in [9.17, 15) is 9.59 Å². The molecule has 0 aliphatic rings. The van der Waals surface area contributed by atoms with Crippen LogP contribution < -0.4 is 21.1 Å². The molecule has 0 saturated carbocycles. The van der Waals surface area contributed by atoms with Crippen LogP contribution in [-0.4, -0.2) is 26.7 Å². The van der Waals surface area contributed by atoms with E-state index in [2.05, 4.69) is 26.1 Å². The highest BCUT2D eigenvalue weighted by atomic mass is 16.2. The van der Waals surface area contributed by atoms with Crippen molar-refractivity contribution in [3.63, 3.8) is 0 Å². The van der Waals surface area contributed by atoms with E-state index in [1.165, 1.54) is 0 Å². The monoisotopic (exact) mass is 266 g/mol. The summed E-state index contributed by atoms with van der Waals surface area (Å²) in [5.41, 5.74) is 0.725. The van der Waals surface area contributed by atoms with Crippen LogP contribution >= 0.6 is 0 Å². The minimum Gasteiger partial charge on any atom is -0.369 e. The molecule has 0 bridgehead atoms. The summed E-state index contributed by atoms with van der Waals surface area (Å²) >= 11 is 0. The Labute approximate surface area is 115 Å². The van der Waals surface area contributed by atoms with Gasteiger partial charge in [-0.05, 0) is 18.4 Å². The summed E-state index contributed by atoms with van der Waals surface area (Å²) in [5, 5.41) is 3.29. The molecule has 1 rings (SSSR count). The second kappa shape index (κ2) is 5.45. The Morgan fingerprint density at radius 1 is 1.16 bits per heavy atom. The molecule has 1 N–H and O–H groups in total. The second-order valence-electron chi connectivity index (χ2n) is 6.66. The van der Waals surface area contributed by atoms with Gasteiger partial charge in [-0.2, -0.15) is 0 Å². The van der Waals surface area contributed by atoms with Crippen LogP contribution in [0.5, 0.6) is 0 Å². The van der Waals surface area contributed by atoms with E-state index in [1.807, 2.05) is 32.8 Å². The maximum absolute atomic E-state index is 11.8. The average Bonchev–Trinajstić information content (AvgIpc) is 2.28. The largest absolute Gasteiger partial charge is 0.369 e. The zero-order valence-corrected chi connectivity index (χ0v) is 13.1. The van der Waals surface area contributed by atoms with Crippen LogP contribution in [0.3, 0.4) is 0 Å². The van der Waals surface area contributed by atoms with Crippen molar-refractivity contribution >= 4 is 5.69 Å². The van der Waals surface area contributed by atoms with Crippen LogP contribution in [0.2, 0.25) is 0 Å². The molecule has 0 aromatic heterocycles. The van der Waals surface area contributed by atoms with Crippen molar-refractivity contribution in [3.05, 3.63) is 26.0 Å². The molecular formula is C15H26N2O2. The number of anilines is 1. The SMILES string of the molecule is CN[C@H](CN(C)c1c(C(C)C)c(=O)c1=O)C(C)(C)C. The van der Waals surface area contributed by atoms with Crippen molar-refractivity contribution in [2.24, 2.45) is 5.41 Å². The highest BCUT2D eigenvalue weighted by molar-refractivity contribution is 5.59. The Kier molecular flexibility index (Phi) is 4.56. The molecule has 1 aromatic rings. The third kappa shape index (κ3) is 3.06. The first-order chi connectivity index (χ1) is 8.61. The molecule has 4 nitrogen and oxygen atoms in total. The molecule has 108 valence electrons. The fourth-order valence-electron chi connectivity index (χ4n) is 2.48. The first-order valence-corrected chi connectivity index (χ1v) is 6.82. The summed E-state index contributed by atoms with van der Waals surface area (Å²) in [4.78, 5) is 25.3. The van der Waals surface area contributed by atoms with Gasteiger partial charge in [0.15, 0.2) is 0 Å². The topological polar surface area (TPSA) is 49.4 Å². The Morgan fingerprint density at radius 3 is 2.05 bits per heavy atom. The summed E-state index contributed by atoms with van der Waals surface area (Å²) in [6.07, 6.45) is 0. The molecule has 1 aromatic carbocycles. The van der Waals surface area contributed by atoms with E-state index >= 15 is 0 Å². The van der Waals surface area contributed by atoms with Gasteiger partial charge in [0, 0.05) is 25.2 Å². The first kappa shape index (κ1) is 15.9. The highest BCUT2D eigenvalue weighted by Gasteiger charge is 2.30. The van der Waals surface area contributed by atoms with Gasteiger partial charge in [0.1, 0.15) is 0 Å². The summed E-state index contributed by atoms with van der Waals surface area (Å²) in [5.74, 6) is 0.102. The van der Waals surface area contributed by atoms with Crippen molar-refractivity contribution < 1.29 is 0 Å². The third-order valence-corrected chi connectivity index (χ3v) is 3.73. The Balaban J connectivity index is 2.97. The molecule has 0 aliphatic carbocycles. The predicted octanol–water partition coefficient (Wildman–Crippen LogP) is 1.48. The minimum atomic E-state index is -0.338. The Hall–Kier alpha value is -1.16. The smallest absolute Gasteiger partial charge is 0.249 e. The number of likely N-dealkylation sites (N-methyl/N-ethyl adjacent to an activating group) is 2. The van der Waals surface area contributed by atoms with E-state index in [-0.39, 0.29) is 28.2 Å². The normalized spacial score (nSPS) is 14.1. The van der Waals surface area contributed by atoms with Gasteiger partial charge in [-0.1, -0.05) is 34.6 Å². The molecule has 0 radical (unpaired) electrons. The molecule has 19 heavy (non-hydrogen) atoms. The molecular weight excluding hydrogens is 240 g/mol. The summed E-state index contributed by atoms with van der Waals surface area (Å²) in [6.45, 7) is 11.1. The van der Waals surface area contributed by atoms with Gasteiger partial charge < -0.3 is 10.2 Å². The lowest BCUT2D eigenvalue weighted by Crippen LogP contribution is -2.50. The van der Waals surface area contributed by atoms with Crippen molar-refractivity contribution in [3.8, 4) is 0 Å². The summed E-state index contributed by atoms with van der Waals surface area (Å²) in [6, 6.07) is 0.252. The standard InChI is InChI=1S/C15H26N2O2/c1-9(2)11-12(14(19)13(11)18)17(7)8-10(16-6)15(3,4)5/h9-10,16H,8H2,1-7H3/t10-/m1/s1. The molecule has 0 aliphatic heterocycles. The maximum atomic E-state index is 11.8. The zero-order chi connectivity index (χ0) is 15.0. The van der Waals surface area contributed by atoms with E-state index in [0.29, 0.717) is 17.8 Å². The number of hydrogen-bond acceptors (Lipinski definition) is 4. The second-order valence-corrected chi connectivity index (χ2v) is 6.66. The number of nitrogens with one attached hydrogen (secondary N) is 1. The molecule has 0 fully saturated rings. The lowest BCUT2D eigenvalue weighted by Gasteiger charge is -2.35. The zero-order valence-electron chi connectivity index (χ0n) is 13.1. The lowest BCUT2D eigenvalue weighted by molar-refractivity contribution is 0.285. The van der Waals surface area contributed by atoms with Gasteiger partial charge >= 0.3 is 0 Å². The van der Waals surface area contributed by atoms with Crippen molar-refractivity contribution in [1.29, 1.82) is 0 Å². The van der Waals surface area contributed by atoms with E-state index in [0.717, 1.165) is 0 Å². The molecule has 0 amide bonds. The molecule has 4 heteroatoms. The van der Waals surface area contributed by atoms with Crippen LogP contribution in [0.15, 0.2) is 9.59 Å². The van der Waals surface area contributed by atoms with Crippen LogP contribution in [-0.2, 0) is 0 Å². The van der Waals surface area contributed by atoms with Crippen molar-refractivity contribution in [1.82, 2.24) is 5.32 Å². The quantitative estimate of drug-likeness (QED) is 0.820. The van der Waals surface area contributed by atoms with Crippen LogP contribution in [0.4, 0.5) is 5.69 Å².